The molecular weight excluding hydrogens is 339 g/mol. The first kappa shape index (κ1) is 18.3. The number of piperidine rings is 1. The van der Waals surface area contributed by atoms with E-state index in [9.17, 15) is 15.0 Å². The maximum Gasteiger partial charge on any atom is 0.216 e. The SMILES string of the molecule is CC(=O)NCC1(CO)CCN(Cc2cc(Cl)c(Cl)cc2O)CC1. The van der Waals surface area contributed by atoms with Gasteiger partial charge in [-0.25, -0.2) is 0 Å². The maximum atomic E-state index is 11.1. The van der Waals surface area contributed by atoms with Crippen LogP contribution in [0.2, 0.25) is 10.0 Å². The van der Waals surface area contributed by atoms with E-state index in [0.29, 0.717) is 23.1 Å². The van der Waals surface area contributed by atoms with Crippen LogP contribution in [0.3, 0.4) is 0 Å². The Morgan fingerprint density at radius 2 is 1.91 bits per heavy atom. The highest BCUT2D eigenvalue weighted by Gasteiger charge is 2.34. The Balaban J connectivity index is 1.96. The van der Waals surface area contributed by atoms with Gasteiger partial charge in [-0.1, -0.05) is 23.2 Å². The zero-order valence-electron chi connectivity index (χ0n) is 13.1. The topological polar surface area (TPSA) is 72.8 Å². The molecule has 0 bridgehead atoms. The number of aromatic hydroxyl groups is 1. The molecule has 1 aromatic carbocycles. The minimum absolute atomic E-state index is 0.0547. The number of carbonyl (C=O) groups is 1. The zero-order chi connectivity index (χ0) is 17.0. The average Bonchev–Trinajstić information content (AvgIpc) is 2.52. The van der Waals surface area contributed by atoms with Crippen molar-refractivity contribution in [2.24, 2.45) is 5.41 Å². The van der Waals surface area contributed by atoms with Gasteiger partial charge in [-0.3, -0.25) is 9.69 Å². The first-order valence-corrected chi connectivity index (χ1v) is 8.35. The van der Waals surface area contributed by atoms with Gasteiger partial charge in [-0.15, -0.1) is 0 Å². The molecule has 1 heterocycles. The van der Waals surface area contributed by atoms with Crippen LogP contribution in [0.25, 0.3) is 0 Å². The van der Waals surface area contributed by atoms with E-state index in [2.05, 4.69) is 10.2 Å². The van der Waals surface area contributed by atoms with E-state index in [-0.39, 0.29) is 23.7 Å². The van der Waals surface area contributed by atoms with Crippen molar-refractivity contribution < 1.29 is 15.0 Å². The molecule has 1 aromatic rings. The largest absolute Gasteiger partial charge is 0.508 e. The quantitative estimate of drug-likeness (QED) is 0.753. The van der Waals surface area contributed by atoms with Gasteiger partial charge in [0.15, 0.2) is 0 Å². The van der Waals surface area contributed by atoms with Gasteiger partial charge in [0.25, 0.3) is 0 Å². The molecule has 23 heavy (non-hydrogen) atoms. The maximum absolute atomic E-state index is 11.1. The van der Waals surface area contributed by atoms with Crippen molar-refractivity contribution in [3.05, 3.63) is 27.7 Å². The van der Waals surface area contributed by atoms with Crippen molar-refractivity contribution >= 4 is 29.1 Å². The standard InChI is InChI=1S/C16H22Cl2N2O3/c1-11(22)19-9-16(10-21)2-4-20(5-3-16)8-12-6-13(17)14(18)7-15(12)23/h6-7,21,23H,2-5,8-10H2,1H3,(H,19,22). The van der Waals surface area contributed by atoms with Crippen LogP contribution >= 0.6 is 23.2 Å². The number of rotatable bonds is 5. The summed E-state index contributed by atoms with van der Waals surface area (Å²) in [5.41, 5.74) is 0.472. The Labute approximate surface area is 146 Å². The lowest BCUT2D eigenvalue weighted by Crippen LogP contribution is -2.47. The van der Waals surface area contributed by atoms with Gasteiger partial charge in [-0.2, -0.15) is 0 Å². The smallest absolute Gasteiger partial charge is 0.216 e. The fourth-order valence-electron chi connectivity index (χ4n) is 2.83. The van der Waals surface area contributed by atoms with E-state index < -0.39 is 0 Å². The summed E-state index contributed by atoms with van der Waals surface area (Å²) in [6, 6.07) is 3.14. The van der Waals surface area contributed by atoms with E-state index in [1.807, 2.05) is 0 Å². The van der Waals surface area contributed by atoms with Crippen LogP contribution in [0.1, 0.15) is 25.3 Å². The third-order valence-corrected chi connectivity index (χ3v) is 5.20. The molecule has 0 saturated carbocycles. The highest BCUT2D eigenvalue weighted by molar-refractivity contribution is 6.42. The van der Waals surface area contributed by atoms with Gasteiger partial charge >= 0.3 is 0 Å². The molecule has 0 aliphatic carbocycles. The number of hydrogen-bond acceptors (Lipinski definition) is 4. The Hall–Kier alpha value is -1.01. The number of carbonyl (C=O) groups excluding carboxylic acids is 1. The van der Waals surface area contributed by atoms with Gasteiger partial charge in [0.05, 0.1) is 16.7 Å². The molecule has 7 heteroatoms. The first-order chi connectivity index (χ1) is 10.8. The number of benzene rings is 1. The first-order valence-electron chi connectivity index (χ1n) is 7.60. The molecule has 1 aliphatic heterocycles. The molecule has 2 rings (SSSR count). The fraction of sp³-hybridized carbons (Fsp3) is 0.562. The lowest BCUT2D eigenvalue weighted by atomic mass is 9.79. The number of halogens is 2. The Morgan fingerprint density at radius 3 is 2.48 bits per heavy atom. The van der Waals surface area contributed by atoms with Gasteiger partial charge in [0.2, 0.25) is 5.91 Å². The van der Waals surface area contributed by atoms with Crippen molar-refractivity contribution in [2.45, 2.75) is 26.3 Å². The molecule has 1 saturated heterocycles. The van der Waals surface area contributed by atoms with Crippen molar-refractivity contribution in [3.63, 3.8) is 0 Å². The van der Waals surface area contributed by atoms with Crippen LogP contribution in [0.4, 0.5) is 0 Å². The molecule has 0 aromatic heterocycles. The predicted molar refractivity (Wildman–Crippen MR) is 90.8 cm³/mol. The Bertz CT molecular complexity index is 573. The third kappa shape index (κ3) is 4.73. The lowest BCUT2D eigenvalue weighted by Gasteiger charge is -2.40. The summed E-state index contributed by atoms with van der Waals surface area (Å²) >= 11 is 11.9. The number of phenols is 1. The van der Waals surface area contributed by atoms with Crippen LogP contribution in [-0.4, -0.2) is 47.3 Å². The van der Waals surface area contributed by atoms with E-state index in [0.717, 1.165) is 31.5 Å². The summed E-state index contributed by atoms with van der Waals surface area (Å²) in [4.78, 5) is 13.3. The van der Waals surface area contributed by atoms with E-state index in [4.69, 9.17) is 23.2 Å². The minimum Gasteiger partial charge on any atom is -0.508 e. The van der Waals surface area contributed by atoms with Gasteiger partial charge < -0.3 is 15.5 Å². The molecule has 1 aliphatic rings. The second-order valence-electron chi connectivity index (χ2n) is 6.24. The summed E-state index contributed by atoms with van der Waals surface area (Å²) in [5, 5.41) is 23.2. The highest BCUT2D eigenvalue weighted by Crippen LogP contribution is 2.34. The lowest BCUT2D eigenvalue weighted by molar-refractivity contribution is -0.119. The molecule has 0 atom stereocenters. The Morgan fingerprint density at radius 1 is 1.30 bits per heavy atom. The summed E-state index contributed by atoms with van der Waals surface area (Å²) in [5.74, 6) is 0.0534. The summed E-state index contributed by atoms with van der Waals surface area (Å²) in [6.07, 6.45) is 1.57. The number of aliphatic hydroxyl groups is 1. The van der Waals surface area contributed by atoms with Gasteiger partial charge in [-0.05, 0) is 32.0 Å². The van der Waals surface area contributed by atoms with E-state index in [1.54, 1.807) is 6.07 Å². The van der Waals surface area contributed by atoms with Crippen molar-refractivity contribution in [1.29, 1.82) is 0 Å². The molecule has 128 valence electrons. The number of aliphatic hydroxyl groups excluding tert-OH is 1. The predicted octanol–water partition coefficient (Wildman–Crippen LogP) is 2.41. The second-order valence-corrected chi connectivity index (χ2v) is 7.05. The van der Waals surface area contributed by atoms with E-state index >= 15 is 0 Å². The van der Waals surface area contributed by atoms with Crippen LogP contribution in [-0.2, 0) is 11.3 Å². The Kier molecular flexibility index (Phi) is 6.14. The van der Waals surface area contributed by atoms with Crippen molar-refractivity contribution in [3.8, 4) is 5.75 Å². The zero-order valence-corrected chi connectivity index (χ0v) is 14.6. The van der Waals surface area contributed by atoms with Gasteiger partial charge in [0, 0.05) is 37.1 Å². The number of likely N-dealkylation sites (tertiary alicyclic amines) is 1. The monoisotopic (exact) mass is 360 g/mol. The minimum atomic E-state index is -0.262. The second kappa shape index (κ2) is 7.71. The molecular formula is C16H22Cl2N2O3. The summed E-state index contributed by atoms with van der Waals surface area (Å²) in [7, 11) is 0. The molecule has 1 fully saturated rings. The number of hydrogen-bond donors (Lipinski definition) is 3. The number of nitrogens with one attached hydrogen (secondary N) is 1. The average molecular weight is 361 g/mol. The molecule has 1 amide bonds. The third-order valence-electron chi connectivity index (χ3n) is 4.48. The van der Waals surface area contributed by atoms with Gasteiger partial charge in [0.1, 0.15) is 5.75 Å². The molecule has 3 N–H and O–H groups in total. The summed E-state index contributed by atoms with van der Waals surface area (Å²) < 4.78 is 0. The molecule has 0 radical (unpaired) electrons. The van der Waals surface area contributed by atoms with Crippen molar-refractivity contribution in [2.75, 3.05) is 26.2 Å². The molecule has 5 nitrogen and oxygen atoms in total. The fourth-order valence-corrected chi connectivity index (χ4v) is 3.18. The van der Waals surface area contributed by atoms with E-state index in [1.165, 1.54) is 13.0 Å². The van der Waals surface area contributed by atoms with Crippen LogP contribution in [0.15, 0.2) is 12.1 Å². The highest BCUT2D eigenvalue weighted by atomic mass is 35.5. The summed E-state index contributed by atoms with van der Waals surface area (Å²) in [6.45, 7) is 4.15. The van der Waals surface area contributed by atoms with Crippen LogP contribution in [0.5, 0.6) is 5.75 Å². The van der Waals surface area contributed by atoms with Crippen LogP contribution < -0.4 is 5.32 Å². The molecule has 0 unspecified atom stereocenters. The van der Waals surface area contributed by atoms with Crippen LogP contribution in [0, 0.1) is 5.41 Å². The molecule has 0 spiro atoms. The number of nitrogens with zero attached hydrogens (tertiary/aromatic N) is 1. The van der Waals surface area contributed by atoms with Crippen molar-refractivity contribution in [1.82, 2.24) is 10.2 Å². The number of amides is 1. The normalized spacial score (nSPS) is 17.9. The number of phenolic OH excluding ortho intramolecular Hbond substituents is 1.